The van der Waals surface area contributed by atoms with E-state index in [1.807, 2.05) is 11.8 Å². The van der Waals surface area contributed by atoms with E-state index in [1.165, 1.54) is 17.1 Å². The summed E-state index contributed by atoms with van der Waals surface area (Å²) in [6.07, 6.45) is 3.92. The minimum atomic E-state index is 0.137. The maximum Gasteiger partial charge on any atom is 0.0540 e. The Hall–Kier alpha value is -0.470. The van der Waals surface area contributed by atoms with E-state index in [2.05, 4.69) is 48.4 Å². The van der Waals surface area contributed by atoms with Crippen LogP contribution in [0.25, 0.3) is 0 Å². The minimum absolute atomic E-state index is 0.137. The second kappa shape index (κ2) is 9.44. The van der Waals surface area contributed by atoms with E-state index >= 15 is 0 Å². The fourth-order valence-corrected chi connectivity index (χ4v) is 3.15. The number of rotatable bonds is 7. The van der Waals surface area contributed by atoms with E-state index in [4.69, 9.17) is 5.11 Å². The summed E-state index contributed by atoms with van der Waals surface area (Å²) in [5.41, 5.74) is 1.11. The average molecular weight is 297 g/mol. The van der Waals surface area contributed by atoms with Crippen molar-refractivity contribution >= 4 is 23.1 Å². The van der Waals surface area contributed by atoms with Crippen LogP contribution >= 0.6 is 23.1 Å². The zero-order chi connectivity index (χ0) is 14.1. The monoisotopic (exact) mass is 297 g/mol. The summed E-state index contributed by atoms with van der Waals surface area (Å²) in [6.45, 7) is 3.37. The van der Waals surface area contributed by atoms with Crippen LogP contribution in [0.2, 0.25) is 0 Å². The Bertz CT molecular complexity index is 419. The van der Waals surface area contributed by atoms with Gasteiger partial charge >= 0.3 is 0 Å². The summed E-state index contributed by atoms with van der Waals surface area (Å²) in [7, 11) is 2.18. The van der Waals surface area contributed by atoms with E-state index in [-0.39, 0.29) is 6.61 Å². The largest absolute Gasteiger partial charge is 0.395 e. The predicted octanol–water partition coefficient (Wildman–Crippen LogP) is 3.06. The molecule has 1 heterocycles. The molecule has 0 radical (unpaired) electrons. The average Bonchev–Trinajstić information content (AvgIpc) is 2.83. The molecule has 0 fully saturated rings. The topological polar surface area (TPSA) is 23.5 Å². The highest BCUT2D eigenvalue weighted by atomic mass is 32.2. The molecule has 0 aliphatic heterocycles. The van der Waals surface area contributed by atoms with Crippen molar-refractivity contribution < 1.29 is 5.11 Å². The fourth-order valence-electron chi connectivity index (χ4n) is 1.68. The van der Waals surface area contributed by atoms with Gasteiger partial charge in [-0.1, -0.05) is 11.8 Å². The Morgan fingerprint density at radius 2 is 2.32 bits per heavy atom. The van der Waals surface area contributed by atoms with Gasteiger partial charge in [0, 0.05) is 29.4 Å². The van der Waals surface area contributed by atoms with E-state index in [9.17, 15) is 0 Å². The summed E-state index contributed by atoms with van der Waals surface area (Å²) in [6, 6.07) is 2.66. The minimum Gasteiger partial charge on any atom is -0.395 e. The number of hydrogen-bond acceptors (Lipinski definition) is 4. The summed E-state index contributed by atoms with van der Waals surface area (Å²) >= 11 is 3.67. The quantitative estimate of drug-likeness (QED) is 0.783. The van der Waals surface area contributed by atoms with Crippen LogP contribution in [0.3, 0.4) is 0 Å². The molecule has 4 heteroatoms. The molecule has 19 heavy (non-hydrogen) atoms. The normalized spacial score (nSPS) is 12.3. The number of aliphatic hydroxyl groups excluding tert-OH is 1. The van der Waals surface area contributed by atoms with Crippen LogP contribution in [-0.4, -0.2) is 41.7 Å². The van der Waals surface area contributed by atoms with Crippen molar-refractivity contribution in [2.24, 2.45) is 0 Å². The van der Waals surface area contributed by atoms with Crippen LogP contribution in [-0.2, 0) is 6.54 Å². The smallest absolute Gasteiger partial charge is 0.0540 e. The Balaban J connectivity index is 2.57. The van der Waals surface area contributed by atoms with E-state index in [0.29, 0.717) is 12.5 Å². The zero-order valence-corrected chi connectivity index (χ0v) is 13.6. The van der Waals surface area contributed by atoms with Gasteiger partial charge in [0.1, 0.15) is 0 Å². The fraction of sp³-hybridized carbons (Fsp3) is 0.600. The van der Waals surface area contributed by atoms with Crippen molar-refractivity contribution in [1.82, 2.24) is 4.90 Å². The second-order valence-corrected chi connectivity index (χ2v) is 6.56. The maximum atomic E-state index is 8.75. The summed E-state index contributed by atoms with van der Waals surface area (Å²) < 4.78 is 0. The summed E-state index contributed by atoms with van der Waals surface area (Å²) in [5, 5.41) is 10.9. The van der Waals surface area contributed by atoms with E-state index in [1.54, 1.807) is 11.3 Å². The van der Waals surface area contributed by atoms with Gasteiger partial charge in [-0.15, -0.1) is 11.3 Å². The molecule has 0 saturated carbocycles. The van der Waals surface area contributed by atoms with Gasteiger partial charge in [-0.2, -0.15) is 11.8 Å². The Labute approximate surface area is 125 Å². The van der Waals surface area contributed by atoms with Crippen molar-refractivity contribution in [1.29, 1.82) is 0 Å². The van der Waals surface area contributed by atoms with Gasteiger partial charge in [0.2, 0.25) is 0 Å². The number of hydrogen-bond donors (Lipinski definition) is 1. The Morgan fingerprint density at radius 3 is 3.00 bits per heavy atom. The molecule has 1 aromatic rings. The zero-order valence-electron chi connectivity index (χ0n) is 12.0. The van der Waals surface area contributed by atoms with Crippen LogP contribution in [0.4, 0.5) is 0 Å². The first-order chi connectivity index (χ1) is 9.19. The predicted molar refractivity (Wildman–Crippen MR) is 86.8 cm³/mol. The second-order valence-electron chi connectivity index (χ2n) is 4.58. The lowest BCUT2D eigenvalue weighted by Gasteiger charge is -2.24. The molecule has 1 atom stereocenters. The third-order valence-corrected chi connectivity index (χ3v) is 4.64. The molecule has 1 unspecified atom stereocenters. The van der Waals surface area contributed by atoms with Crippen molar-refractivity contribution in [3.63, 3.8) is 0 Å². The molecule has 0 spiro atoms. The van der Waals surface area contributed by atoms with E-state index < -0.39 is 0 Å². The first-order valence-corrected chi connectivity index (χ1v) is 8.81. The third-order valence-electron chi connectivity index (χ3n) is 3.09. The van der Waals surface area contributed by atoms with Crippen LogP contribution in [0.5, 0.6) is 0 Å². The Morgan fingerprint density at radius 1 is 1.53 bits per heavy atom. The highest BCUT2D eigenvalue weighted by Crippen LogP contribution is 2.19. The number of aliphatic hydroxyl groups is 1. The van der Waals surface area contributed by atoms with Gasteiger partial charge < -0.3 is 5.11 Å². The highest BCUT2D eigenvalue weighted by molar-refractivity contribution is 7.98. The van der Waals surface area contributed by atoms with Gasteiger partial charge in [0.05, 0.1) is 6.61 Å². The number of nitrogens with zero attached hydrogens (tertiary/aromatic N) is 1. The molecular weight excluding hydrogens is 274 g/mol. The van der Waals surface area contributed by atoms with Gasteiger partial charge in [-0.25, -0.2) is 0 Å². The molecule has 1 rings (SSSR count). The molecule has 1 N–H and O–H groups in total. The lowest BCUT2D eigenvalue weighted by molar-refractivity contribution is 0.247. The maximum absolute atomic E-state index is 8.75. The summed E-state index contributed by atoms with van der Waals surface area (Å²) in [4.78, 5) is 3.71. The lowest BCUT2D eigenvalue weighted by atomic mass is 10.2. The number of thiophene rings is 1. The first-order valence-electron chi connectivity index (χ1n) is 6.54. The number of thioether (sulfide) groups is 1. The van der Waals surface area contributed by atoms with Crippen LogP contribution in [0.15, 0.2) is 11.4 Å². The molecule has 0 aromatic carbocycles. The van der Waals surface area contributed by atoms with Crippen LogP contribution in [0, 0.1) is 11.8 Å². The molecule has 0 bridgehead atoms. The molecular formula is C15H23NOS2. The van der Waals surface area contributed by atoms with Gasteiger partial charge in [0.25, 0.3) is 0 Å². The summed E-state index contributed by atoms with van der Waals surface area (Å²) in [5.74, 6) is 7.36. The Kier molecular flexibility index (Phi) is 8.24. The van der Waals surface area contributed by atoms with Crippen LogP contribution < -0.4 is 0 Å². The van der Waals surface area contributed by atoms with Gasteiger partial charge in [0.15, 0.2) is 0 Å². The molecule has 0 aliphatic carbocycles. The van der Waals surface area contributed by atoms with Crippen molar-refractivity contribution in [3.05, 3.63) is 21.9 Å². The molecule has 0 aliphatic rings. The first kappa shape index (κ1) is 16.6. The molecule has 0 saturated heterocycles. The molecule has 0 amide bonds. The van der Waals surface area contributed by atoms with Crippen molar-refractivity contribution in [3.8, 4) is 11.8 Å². The van der Waals surface area contributed by atoms with Gasteiger partial charge in [-0.05, 0) is 43.8 Å². The van der Waals surface area contributed by atoms with Crippen molar-refractivity contribution in [2.75, 3.05) is 25.7 Å². The lowest BCUT2D eigenvalue weighted by Crippen LogP contribution is -2.28. The molecule has 106 valence electrons. The van der Waals surface area contributed by atoms with E-state index in [0.717, 1.165) is 12.1 Å². The third kappa shape index (κ3) is 6.01. The van der Waals surface area contributed by atoms with Crippen LogP contribution in [0.1, 0.15) is 30.2 Å². The van der Waals surface area contributed by atoms with Gasteiger partial charge in [-0.3, -0.25) is 4.90 Å². The highest BCUT2D eigenvalue weighted by Gasteiger charge is 2.11. The SMILES string of the molecule is CSCCC(C)N(C)Cc1sccc1C#CCCO. The standard InChI is InChI=1S/C15H23NOS2/c1-13(7-10-18-3)16(2)12-15-14(8-11-19-15)6-4-5-9-17/h8,11,13,17H,5,7,9-10,12H2,1-3H3. The van der Waals surface area contributed by atoms with Crippen molar-refractivity contribution in [2.45, 2.75) is 32.4 Å². The molecule has 2 nitrogen and oxygen atoms in total. The molecule has 1 aromatic heterocycles.